The Morgan fingerprint density at radius 2 is 1.95 bits per heavy atom. The number of anilines is 1. The Balaban J connectivity index is 1.89. The molecule has 6 heteroatoms. The normalized spacial score (nSPS) is 18.0. The van der Waals surface area contributed by atoms with Crippen LogP contribution in [0.1, 0.15) is 17.2 Å². The van der Waals surface area contributed by atoms with Crippen molar-refractivity contribution >= 4 is 27.5 Å². The first-order valence-corrected chi connectivity index (χ1v) is 9.29. The average molecular weight is 320 g/mol. The molecular formula is C15H16N2O2S2. The zero-order chi connectivity index (χ0) is 14.9. The van der Waals surface area contributed by atoms with Gasteiger partial charge in [0.15, 0.2) is 0 Å². The summed E-state index contributed by atoms with van der Waals surface area (Å²) in [5, 5.41) is 8.58. The summed E-state index contributed by atoms with van der Waals surface area (Å²) < 4.78 is 22.8. The lowest BCUT2D eigenvalue weighted by Gasteiger charge is -2.27. The van der Waals surface area contributed by atoms with Crippen LogP contribution in [-0.2, 0) is 15.8 Å². The first kappa shape index (κ1) is 14.4. The molecule has 110 valence electrons. The molecule has 2 aromatic rings. The highest BCUT2D eigenvalue weighted by Crippen LogP contribution is 2.34. The van der Waals surface area contributed by atoms with Gasteiger partial charge in [0, 0.05) is 17.2 Å². The Labute approximate surface area is 128 Å². The van der Waals surface area contributed by atoms with Gasteiger partial charge in [0.1, 0.15) is 0 Å². The minimum absolute atomic E-state index is 0.129. The molecule has 3 N–H and O–H groups in total. The highest BCUT2D eigenvalue weighted by molar-refractivity contribution is 7.98. The maximum Gasteiger partial charge on any atom is 0.238 e. The summed E-state index contributed by atoms with van der Waals surface area (Å²) in [7, 11) is -3.67. The quantitative estimate of drug-likeness (QED) is 0.912. The van der Waals surface area contributed by atoms with Gasteiger partial charge in [0.2, 0.25) is 10.0 Å². The summed E-state index contributed by atoms with van der Waals surface area (Å²) >= 11 is 1.87. The van der Waals surface area contributed by atoms with Crippen LogP contribution in [0.2, 0.25) is 0 Å². The fraction of sp³-hybridized carbons (Fsp3) is 0.200. The summed E-state index contributed by atoms with van der Waals surface area (Å²) in [6.07, 6.45) is 0. The van der Waals surface area contributed by atoms with Crippen molar-refractivity contribution in [3.8, 4) is 0 Å². The number of rotatable bonds is 3. The molecule has 0 bridgehead atoms. The van der Waals surface area contributed by atoms with Crippen LogP contribution in [-0.4, -0.2) is 14.2 Å². The fourth-order valence-corrected chi connectivity index (χ4v) is 4.12. The van der Waals surface area contributed by atoms with Gasteiger partial charge in [-0.25, -0.2) is 13.6 Å². The lowest BCUT2D eigenvalue weighted by atomic mass is 10.0. The second-order valence-corrected chi connectivity index (χ2v) is 7.58. The highest BCUT2D eigenvalue weighted by atomic mass is 32.2. The number of hydrogen-bond donors (Lipinski definition) is 2. The van der Waals surface area contributed by atoms with Gasteiger partial charge in [-0.2, -0.15) is 11.8 Å². The van der Waals surface area contributed by atoms with Crippen molar-refractivity contribution in [2.45, 2.75) is 16.7 Å². The van der Waals surface area contributed by atoms with E-state index in [0.29, 0.717) is 0 Å². The van der Waals surface area contributed by atoms with E-state index in [1.807, 2.05) is 30.0 Å². The number of nitrogens with two attached hydrogens (primary N) is 1. The van der Waals surface area contributed by atoms with E-state index in [2.05, 4.69) is 17.4 Å². The monoisotopic (exact) mass is 320 g/mol. The number of sulfonamides is 1. The van der Waals surface area contributed by atoms with Crippen molar-refractivity contribution in [2.24, 2.45) is 5.14 Å². The van der Waals surface area contributed by atoms with Crippen molar-refractivity contribution in [3.63, 3.8) is 0 Å². The molecule has 4 nitrogen and oxygen atoms in total. The molecule has 0 saturated carbocycles. The molecule has 0 radical (unpaired) electrons. The second kappa shape index (κ2) is 5.71. The SMILES string of the molecule is NS(=O)(=O)c1cccc(NC2CSCc3ccccc32)c1. The van der Waals surface area contributed by atoms with E-state index in [1.165, 1.54) is 17.2 Å². The van der Waals surface area contributed by atoms with Crippen LogP contribution in [0.15, 0.2) is 53.4 Å². The number of benzene rings is 2. The predicted octanol–water partition coefficient (Wildman–Crippen LogP) is 2.73. The minimum atomic E-state index is -3.67. The van der Waals surface area contributed by atoms with Crippen LogP contribution in [0.25, 0.3) is 0 Å². The first-order valence-electron chi connectivity index (χ1n) is 6.59. The Morgan fingerprint density at radius 3 is 2.76 bits per heavy atom. The van der Waals surface area contributed by atoms with E-state index in [1.54, 1.807) is 12.1 Å². The number of thioether (sulfide) groups is 1. The smallest absolute Gasteiger partial charge is 0.238 e. The molecule has 21 heavy (non-hydrogen) atoms. The summed E-state index contributed by atoms with van der Waals surface area (Å²) in [6.45, 7) is 0. The number of fused-ring (bicyclic) bond motifs is 1. The van der Waals surface area contributed by atoms with Gasteiger partial charge < -0.3 is 5.32 Å². The van der Waals surface area contributed by atoms with Crippen LogP contribution >= 0.6 is 11.8 Å². The number of primary sulfonamides is 1. The molecule has 0 amide bonds. The molecule has 0 aromatic heterocycles. The van der Waals surface area contributed by atoms with Gasteiger partial charge >= 0.3 is 0 Å². The van der Waals surface area contributed by atoms with E-state index >= 15 is 0 Å². The molecule has 1 heterocycles. The van der Waals surface area contributed by atoms with Gasteiger partial charge in [-0.05, 0) is 29.3 Å². The molecule has 0 fully saturated rings. The van der Waals surface area contributed by atoms with Crippen molar-refractivity contribution < 1.29 is 8.42 Å². The van der Waals surface area contributed by atoms with Crippen LogP contribution in [0.4, 0.5) is 5.69 Å². The Bertz CT molecular complexity index is 760. The zero-order valence-corrected chi connectivity index (χ0v) is 13.0. The maximum atomic E-state index is 11.4. The van der Waals surface area contributed by atoms with Crippen LogP contribution in [0.3, 0.4) is 0 Å². The summed E-state index contributed by atoms with van der Waals surface area (Å²) in [6, 6.07) is 15.2. The third-order valence-electron chi connectivity index (χ3n) is 3.48. The van der Waals surface area contributed by atoms with Gasteiger partial charge in [-0.15, -0.1) is 0 Å². The third-order valence-corrected chi connectivity index (χ3v) is 5.47. The molecule has 3 rings (SSSR count). The first-order chi connectivity index (χ1) is 10.0. The van der Waals surface area contributed by atoms with Gasteiger partial charge in [-0.1, -0.05) is 30.3 Å². The topological polar surface area (TPSA) is 72.2 Å². The average Bonchev–Trinajstić information content (AvgIpc) is 2.47. The van der Waals surface area contributed by atoms with Gasteiger partial charge in [0.25, 0.3) is 0 Å². The van der Waals surface area contributed by atoms with E-state index in [0.717, 1.165) is 17.2 Å². The Hall–Kier alpha value is -1.50. The van der Waals surface area contributed by atoms with Crippen molar-refractivity contribution in [1.29, 1.82) is 0 Å². The summed E-state index contributed by atoms with van der Waals surface area (Å²) in [5.41, 5.74) is 3.37. The molecule has 1 unspecified atom stereocenters. The molecule has 0 aliphatic carbocycles. The van der Waals surface area contributed by atoms with E-state index in [9.17, 15) is 8.42 Å². The standard InChI is InChI=1S/C15H16N2O2S2/c16-21(18,19)13-6-3-5-12(8-13)17-15-10-20-9-11-4-1-2-7-14(11)15/h1-8,15,17H,9-10H2,(H2,16,18,19). The molecule has 0 spiro atoms. The second-order valence-electron chi connectivity index (χ2n) is 4.98. The molecule has 2 aromatic carbocycles. The molecule has 0 saturated heterocycles. The van der Waals surface area contributed by atoms with E-state index < -0.39 is 10.0 Å². The van der Waals surface area contributed by atoms with E-state index in [-0.39, 0.29) is 10.9 Å². The lowest BCUT2D eigenvalue weighted by Crippen LogP contribution is -2.19. The largest absolute Gasteiger partial charge is 0.377 e. The summed E-state index contributed by atoms with van der Waals surface area (Å²) in [5.74, 6) is 1.97. The van der Waals surface area contributed by atoms with Crippen molar-refractivity contribution in [1.82, 2.24) is 0 Å². The molecule has 1 atom stereocenters. The Morgan fingerprint density at radius 1 is 1.14 bits per heavy atom. The molecule has 1 aliphatic rings. The molecular weight excluding hydrogens is 304 g/mol. The maximum absolute atomic E-state index is 11.4. The lowest BCUT2D eigenvalue weighted by molar-refractivity contribution is 0.598. The van der Waals surface area contributed by atoms with Crippen LogP contribution in [0.5, 0.6) is 0 Å². The molecule has 1 aliphatic heterocycles. The van der Waals surface area contributed by atoms with E-state index in [4.69, 9.17) is 5.14 Å². The highest BCUT2D eigenvalue weighted by Gasteiger charge is 2.20. The number of nitrogens with one attached hydrogen (secondary N) is 1. The predicted molar refractivity (Wildman–Crippen MR) is 86.8 cm³/mol. The third kappa shape index (κ3) is 3.23. The fourth-order valence-electron chi connectivity index (χ4n) is 2.47. The van der Waals surface area contributed by atoms with Gasteiger partial charge in [0.05, 0.1) is 10.9 Å². The van der Waals surface area contributed by atoms with Crippen molar-refractivity contribution in [2.75, 3.05) is 11.1 Å². The zero-order valence-electron chi connectivity index (χ0n) is 11.3. The van der Waals surface area contributed by atoms with Gasteiger partial charge in [-0.3, -0.25) is 0 Å². The minimum Gasteiger partial charge on any atom is -0.377 e. The number of hydrogen-bond acceptors (Lipinski definition) is 4. The van der Waals surface area contributed by atoms with Crippen molar-refractivity contribution in [3.05, 3.63) is 59.7 Å². The van der Waals surface area contributed by atoms with Crippen LogP contribution < -0.4 is 10.5 Å². The van der Waals surface area contributed by atoms with Crippen LogP contribution in [0, 0.1) is 0 Å². The Kier molecular flexibility index (Phi) is 3.93. The summed E-state index contributed by atoms with van der Waals surface area (Å²) in [4.78, 5) is 0.129.